The van der Waals surface area contributed by atoms with Crippen molar-refractivity contribution in [2.45, 2.75) is 19.8 Å². The number of esters is 1. The number of rotatable bonds is 4. The molecule has 1 unspecified atom stereocenters. The number of benzene rings is 2. The summed E-state index contributed by atoms with van der Waals surface area (Å²) in [6, 6.07) is 14.1. The van der Waals surface area contributed by atoms with Gasteiger partial charge in [-0.3, -0.25) is 8.75 Å². The summed E-state index contributed by atoms with van der Waals surface area (Å²) in [5.41, 5.74) is 1.10. The van der Waals surface area contributed by atoms with E-state index >= 15 is 0 Å². The van der Waals surface area contributed by atoms with E-state index < -0.39 is 12.3 Å². The zero-order chi connectivity index (χ0) is 16.4. The van der Waals surface area contributed by atoms with Crippen LogP contribution in [0.15, 0.2) is 53.3 Å². The SMILES string of the molecule is Cc1cccc(C(=O)OC(O)Cn2sc3ccccc3c2=O)c1. The van der Waals surface area contributed by atoms with E-state index in [-0.39, 0.29) is 12.1 Å². The first-order valence-electron chi connectivity index (χ1n) is 7.09. The van der Waals surface area contributed by atoms with Crippen LogP contribution < -0.4 is 5.56 Å². The molecule has 23 heavy (non-hydrogen) atoms. The predicted molar refractivity (Wildman–Crippen MR) is 88.7 cm³/mol. The number of hydrogen-bond donors (Lipinski definition) is 1. The quantitative estimate of drug-likeness (QED) is 0.590. The van der Waals surface area contributed by atoms with Crippen molar-refractivity contribution in [2.24, 2.45) is 0 Å². The van der Waals surface area contributed by atoms with Crippen molar-refractivity contribution in [2.75, 3.05) is 0 Å². The standard InChI is InChI=1S/C17H15NO4S/c1-11-5-4-6-12(9-11)17(21)22-15(19)10-18-16(20)13-7-2-3-8-14(13)23-18/h2-9,15,19H,10H2,1H3. The normalized spacial score (nSPS) is 12.3. The van der Waals surface area contributed by atoms with Crippen molar-refractivity contribution in [3.63, 3.8) is 0 Å². The number of aryl methyl sites for hydroxylation is 1. The molecule has 0 spiro atoms. The summed E-state index contributed by atoms with van der Waals surface area (Å²) in [5, 5.41) is 10.5. The molecule has 0 radical (unpaired) electrons. The van der Waals surface area contributed by atoms with Gasteiger partial charge in [0.25, 0.3) is 5.56 Å². The van der Waals surface area contributed by atoms with E-state index in [1.807, 2.05) is 25.1 Å². The lowest BCUT2D eigenvalue weighted by atomic mass is 10.1. The molecule has 0 aliphatic carbocycles. The summed E-state index contributed by atoms with van der Waals surface area (Å²) in [6.45, 7) is 1.78. The maximum absolute atomic E-state index is 12.2. The Hall–Kier alpha value is -2.44. The minimum Gasteiger partial charge on any atom is -0.430 e. The second-order valence-corrected chi connectivity index (χ2v) is 6.25. The van der Waals surface area contributed by atoms with Gasteiger partial charge in [-0.1, -0.05) is 41.4 Å². The monoisotopic (exact) mass is 329 g/mol. The van der Waals surface area contributed by atoms with E-state index in [0.717, 1.165) is 10.3 Å². The van der Waals surface area contributed by atoms with E-state index in [9.17, 15) is 14.7 Å². The molecule has 0 saturated carbocycles. The highest BCUT2D eigenvalue weighted by molar-refractivity contribution is 7.13. The fourth-order valence-electron chi connectivity index (χ4n) is 2.28. The molecule has 1 atom stereocenters. The van der Waals surface area contributed by atoms with Crippen LogP contribution in [0.3, 0.4) is 0 Å². The molecule has 1 heterocycles. The Kier molecular flexibility index (Phi) is 4.27. The van der Waals surface area contributed by atoms with Gasteiger partial charge in [0.05, 0.1) is 22.2 Å². The van der Waals surface area contributed by atoms with Gasteiger partial charge in [0, 0.05) is 0 Å². The maximum atomic E-state index is 12.2. The number of hydrogen-bond acceptors (Lipinski definition) is 5. The molecule has 0 aliphatic rings. The van der Waals surface area contributed by atoms with E-state index in [1.54, 1.807) is 30.3 Å². The van der Waals surface area contributed by atoms with Crippen LogP contribution >= 0.6 is 11.5 Å². The molecule has 3 aromatic rings. The summed E-state index contributed by atoms with van der Waals surface area (Å²) in [5.74, 6) is -0.615. The number of fused-ring (bicyclic) bond motifs is 1. The Morgan fingerprint density at radius 3 is 2.78 bits per heavy atom. The number of aromatic nitrogens is 1. The average Bonchev–Trinajstić information content (AvgIpc) is 2.84. The average molecular weight is 329 g/mol. The Balaban J connectivity index is 1.73. The molecule has 0 aliphatic heterocycles. The largest absolute Gasteiger partial charge is 0.430 e. The van der Waals surface area contributed by atoms with E-state index in [0.29, 0.717) is 10.9 Å². The predicted octanol–water partition coefficient (Wildman–Crippen LogP) is 2.55. The summed E-state index contributed by atoms with van der Waals surface area (Å²) in [6.07, 6.45) is -1.38. The van der Waals surface area contributed by atoms with Gasteiger partial charge in [0.15, 0.2) is 0 Å². The molecule has 118 valence electrons. The highest BCUT2D eigenvalue weighted by Gasteiger charge is 2.16. The first-order chi connectivity index (χ1) is 11.0. The smallest absolute Gasteiger partial charge is 0.340 e. The van der Waals surface area contributed by atoms with Crippen LogP contribution in [0.2, 0.25) is 0 Å². The van der Waals surface area contributed by atoms with Crippen LogP contribution in [0.1, 0.15) is 15.9 Å². The first kappa shape index (κ1) is 15.5. The van der Waals surface area contributed by atoms with Crippen LogP contribution in [-0.4, -0.2) is 21.3 Å². The molecule has 0 amide bonds. The third kappa shape index (κ3) is 3.33. The van der Waals surface area contributed by atoms with Crippen molar-refractivity contribution < 1.29 is 14.6 Å². The second-order valence-electron chi connectivity index (χ2n) is 5.18. The van der Waals surface area contributed by atoms with Crippen LogP contribution in [0.25, 0.3) is 10.1 Å². The lowest BCUT2D eigenvalue weighted by Crippen LogP contribution is -2.26. The topological polar surface area (TPSA) is 68.5 Å². The lowest BCUT2D eigenvalue weighted by molar-refractivity contribution is -0.0718. The summed E-state index contributed by atoms with van der Waals surface area (Å²) in [4.78, 5) is 24.2. The van der Waals surface area contributed by atoms with Crippen molar-refractivity contribution in [3.8, 4) is 0 Å². The molecular weight excluding hydrogens is 314 g/mol. The van der Waals surface area contributed by atoms with Gasteiger partial charge in [0.1, 0.15) is 0 Å². The van der Waals surface area contributed by atoms with Gasteiger partial charge >= 0.3 is 5.97 Å². The molecule has 2 aromatic carbocycles. The number of carbonyl (C=O) groups excluding carboxylic acids is 1. The maximum Gasteiger partial charge on any atom is 0.340 e. The van der Waals surface area contributed by atoms with E-state index in [4.69, 9.17) is 4.74 Å². The number of nitrogens with zero attached hydrogens (tertiary/aromatic N) is 1. The number of ether oxygens (including phenoxy) is 1. The van der Waals surface area contributed by atoms with Gasteiger partial charge in [-0.25, -0.2) is 4.79 Å². The van der Waals surface area contributed by atoms with Gasteiger partial charge < -0.3 is 9.84 Å². The molecule has 3 rings (SSSR count). The van der Waals surface area contributed by atoms with Gasteiger partial charge in [-0.15, -0.1) is 0 Å². The molecule has 1 aromatic heterocycles. The van der Waals surface area contributed by atoms with Crippen molar-refractivity contribution in [3.05, 3.63) is 70.0 Å². The van der Waals surface area contributed by atoms with E-state index in [2.05, 4.69) is 0 Å². The van der Waals surface area contributed by atoms with Gasteiger partial charge in [-0.05, 0) is 31.2 Å². The van der Waals surface area contributed by atoms with Crippen LogP contribution in [0, 0.1) is 6.92 Å². The number of aliphatic hydroxyl groups is 1. The van der Waals surface area contributed by atoms with Crippen molar-refractivity contribution >= 4 is 27.6 Å². The summed E-state index contributed by atoms with van der Waals surface area (Å²) in [7, 11) is 0. The molecule has 6 heteroatoms. The minimum atomic E-state index is -1.38. The van der Waals surface area contributed by atoms with Gasteiger partial charge in [0.2, 0.25) is 6.29 Å². The van der Waals surface area contributed by atoms with E-state index in [1.165, 1.54) is 15.5 Å². The fourth-order valence-corrected chi connectivity index (χ4v) is 3.29. The zero-order valence-electron chi connectivity index (χ0n) is 12.4. The highest BCUT2D eigenvalue weighted by Crippen LogP contribution is 2.16. The fraction of sp³-hybridized carbons (Fsp3) is 0.176. The summed E-state index contributed by atoms with van der Waals surface area (Å²) >= 11 is 1.23. The first-order valence-corrected chi connectivity index (χ1v) is 7.86. The molecule has 0 saturated heterocycles. The molecular formula is C17H15NO4S. The molecule has 0 bridgehead atoms. The number of carbonyl (C=O) groups is 1. The third-order valence-electron chi connectivity index (χ3n) is 3.37. The van der Waals surface area contributed by atoms with Crippen molar-refractivity contribution in [1.29, 1.82) is 0 Å². The van der Waals surface area contributed by atoms with Gasteiger partial charge in [-0.2, -0.15) is 0 Å². The molecule has 5 nitrogen and oxygen atoms in total. The Bertz CT molecular complexity index is 912. The second kappa shape index (κ2) is 6.36. The van der Waals surface area contributed by atoms with Crippen LogP contribution in [-0.2, 0) is 11.3 Å². The number of aliphatic hydroxyl groups excluding tert-OH is 1. The lowest BCUT2D eigenvalue weighted by Gasteiger charge is -2.12. The molecule has 0 fully saturated rings. The third-order valence-corrected chi connectivity index (χ3v) is 4.46. The van der Waals surface area contributed by atoms with Crippen LogP contribution in [0.4, 0.5) is 0 Å². The summed E-state index contributed by atoms with van der Waals surface area (Å²) < 4.78 is 7.23. The Morgan fingerprint density at radius 2 is 2.04 bits per heavy atom. The van der Waals surface area contributed by atoms with Crippen LogP contribution in [0.5, 0.6) is 0 Å². The zero-order valence-corrected chi connectivity index (χ0v) is 13.2. The van der Waals surface area contributed by atoms with Crippen molar-refractivity contribution in [1.82, 2.24) is 3.96 Å². The Morgan fingerprint density at radius 1 is 1.26 bits per heavy atom. The Labute approximate surface area is 136 Å². The minimum absolute atomic E-state index is 0.0876. The highest BCUT2D eigenvalue weighted by atomic mass is 32.1. The molecule has 1 N–H and O–H groups in total.